The number of nitrogens with zero attached hydrogens (tertiary/aromatic N) is 4. The molecule has 2 aliphatic rings. The van der Waals surface area contributed by atoms with Gasteiger partial charge in [-0.05, 0) is 38.8 Å². The van der Waals surface area contributed by atoms with Crippen LogP contribution in [0.5, 0.6) is 0 Å². The number of hydrogen-bond donors (Lipinski definition) is 1. The zero-order chi connectivity index (χ0) is 17.6. The molecule has 0 radical (unpaired) electrons. The Labute approximate surface area is 164 Å². The molecule has 140 valence electrons. The van der Waals surface area contributed by atoms with Crippen LogP contribution in [0.3, 0.4) is 0 Å². The van der Waals surface area contributed by atoms with E-state index in [2.05, 4.69) is 29.2 Å². The van der Waals surface area contributed by atoms with E-state index in [1.807, 2.05) is 29.2 Å². The number of piperazine rings is 1. The van der Waals surface area contributed by atoms with Gasteiger partial charge in [-0.25, -0.2) is 9.67 Å². The number of halogens is 2. The second kappa shape index (κ2) is 7.55. The first-order chi connectivity index (χ1) is 12.1. The van der Waals surface area contributed by atoms with Crippen LogP contribution in [-0.2, 0) is 0 Å². The van der Waals surface area contributed by atoms with E-state index in [-0.39, 0.29) is 36.2 Å². The molecule has 1 N–H and O–H groups in total. The van der Waals surface area contributed by atoms with Gasteiger partial charge in [-0.2, -0.15) is 0 Å². The van der Waals surface area contributed by atoms with Crippen LogP contribution in [0.4, 0.5) is 0 Å². The summed E-state index contributed by atoms with van der Waals surface area (Å²) in [5, 5.41) is 8.54. The van der Waals surface area contributed by atoms with Crippen LogP contribution in [0.2, 0.25) is 5.02 Å². The lowest BCUT2D eigenvalue weighted by atomic mass is 10.1. The maximum absolute atomic E-state index is 13.0. The van der Waals surface area contributed by atoms with E-state index >= 15 is 0 Å². The van der Waals surface area contributed by atoms with Crippen molar-refractivity contribution in [3.05, 3.63) is 40.9 Å². The van der Waals surface area contributed by atoms with E-state index in [1.54, 1.807) is 4.68 Å². The third-order valence-electron chi connectivity index (χ3n) is 5.14. The van der Waals surface area contributed by atoms with Gasteiger partial charge in [-0.1, -0.05) is 23.7 Å². The van der Waals surface area contributed by atoms with Gasteiger partial charge in [0.2, 0.25) is 5.82 Å². The first kappa shape index (κ1) is 19.1. The molecular formula is C18H23Cl2N5O. The molecule has 2 aromatic rings. The molecule has 26 heavy (non-hydrogen) atoms. The second-order valence-electron chi connectivity index (χ2n) is 6.91. The molecule has 0 bridgehead atoms. The SMILES string of the molecule is CC1NCCN(C(=O)c2nc(C3CC3)n(-c3ccccc3Cl)n2)C1C.Cl. The number of hydrogen-bond acceptors (Lipinski definition) is 4. The number of amides is 1. The lowest BCUT2D eigenvalue weighted by molar-refractivity contribution is 0.0590. The van der Waals surface area contributed by atoms with Crippen LogP contribution in [0.15, 0.2) is 24.3 Å². The fraction of sp³-hybridized carbons (Fsp3) is 0.500. The van der Waals surface area contributed by atoms with Gasteiger partial charge in [0, 0.05) is 31.1 Å². The molecule has 6 nitrogen and oxygen atoms in total. The van der Waals surface area contributed by atoms with Crippen molar-refractivity contribution in [3.8, 4) is 5.69 Å². The summed E-state index contributed by atoms with van der Waals surface area (Å²) < 4.78 is 1.75. The largest absolute Gasteiger partial charge is 0.330 e. The predicted octanol–water partition coefficient (Wildman–Crippen LogP) is 3.04. The minimum absolute atomic E-state index is 0. The number of aromatic nitrogens is 3. The Morgan fingerprint density at radius 1 is 1.27 bits per heavy atom. The zero-order valence-corrected chi connectivity index (χ0v) is 16.4. The van der Waals surface area contributed by atoms with E-state index < -0.39 is 0 Å². The molecular weight excluding hydrogens is 373 g/mol. The maximum Gasteiger partial charge on any atom is 0.293 e. The molecule has 1 aromatic heterocycles. The highest BCUT2D eigenvalue weighted by Crippen LogP contribution is 2.40. The van der Waals surface area contributed by atoms with Gasteiger partial charge in [0.1, 0.15) is 5.82 Å². The third kappa shape index (κ3) is 3.46. The van der Waals surface area contributed by atoms with Crippen molar-refractivity contribution in [2.75, 3.05) is 13.1 Å². The average molecular weight is 396 g/mol. The summed E-state index contributed by atoms with van der Waals surface area (Å²) in [6.07, 6.45) is 2.16. The summed E-state index contributed by atoms with van der Waals surface area (Å²) in [7, 11) is 0. The fourth-order valence-corrected chi connectivity index (χ4v) is 3.51. The predicted molar refractivity (Wildman–Crippen MR) is 104 cm³/mol. The molecule has 2 fully saturated rings. The first-order valence-electron chi connectivity index (χ1n) is 8.82. The zero-order valence-electron chi connectivity index (χ0n) is 14.9. The third-order valence-corrected chi connectivity index (χ3v) is 5.46. The summed E-state index contributed by atoms with van der Waals surface area (Å²) in [5.74, 6) is 1.37. The molecule has 1 amide bonds. The number of carbonyl (C=O) groups is 1. The van der Waals surface area contributed by atoms with E-state index in [0.29, 0.717) is 17.5 Å². The summed E-state index contributed by atoms with van der Waals surface area (Å²) in [4.78, 5) is 19.5. The van der Waals surface area contributed by atoms with E-state index in [0.717, 1.165) is 30.9 Å². The average Bonchev–Trinajstić information content (AvgIpc) is 3.36. The monoisotopic (exact) mass is 395 g/mol. The van der Waals surface area contributed by atoms with Crippen molar-refractivity contribution in [2.24, 2.45) is 0 Å². The van der Waals surface area contributed by atoms with Gasteiger partial charge < -0.3 is 10.2 Å². The molecule has 8 heteroatoms. The first-order valence-corrected chi connectivity index (χ1v) is 9.20. The Balaban J connectivity index is 0.00000196. The van der Waals surface area contributed by atoms with Gasteiger partial charge in [0.05, 0.1) is 10.7 Å². The number of para-hydroxylation sites is 1. The highest BCUT2D eigenvalue weighted by atomic mass is 35.5. The Kier molecular flexibility index (Phi) is 5.55. The fourth-order valence-electron chi connectivity index (χ4n) is 3.29. The standard InChI is InChI=1S/C18H22ClN5O.ClH/c1-11-12(2)23(10-9-20-11)18(25)16-21-17(13-7-8-13)24(22-16)15-6-4-3-5-14(15)19;/h3-6,11-13,20H,7-10H2,1-2H3;1H. The summed E-state index contributed by atoms with van der Waals surface area (Å²) in [6, 6.07) is 7.91. The highest BCUT2D eigenvalue weighted by molar-refractivity contribution is 6.32. The van der Waals surface area contributed by atoms with Crippen LogP contribution in [0.1, 0.15) is 49.1 Å². The van der Waals surface area contributed by atoms with E-state index in [9.17, 15) is 4.79 Å². The van der Waals surface area contributed by atoms with Gasteiger partial charge >= 0.3 is 0 Å². The summed E-state index contributed by atoms with van der Waals surface area (Å²) in [5.41, 5.74) is 0.777. The molecule has 0 spiro atoms. The maximum atomic E-state index is 13.0. The van der Waals surface area contributed by atoms with Crippen molar-refractivity contribution < 1.29 is 4.79 Å². The molecule has 2 heterocycles. The van der Waals surface area contributed by atoms with E-state index in [4.69, 9.17) is 11.6 Å². The molecule has 1 saturated carbocycles. The van der Waals surface area contributed by atoms with Crippen LogP contribution < -0.4 is 5.32 Å². The lowest BCUT2D eigenvalue weighted by Gasteiger charge is -2.37. The summed E-state index contributed by atoms with van der Waals surface area (Å²) >= 11 is 6.34. The molecule has 1 aromatic carbocycles. The second-order valence-corrected chi connectivity index (χ2v) is 7.32. The number of nitrogens with one attached hydrogen (secondary N) is 1. The molecule has 2 unspecified atom stereocenters. The highest BCUT2D eigenvalue weighted by Gasteiger charge is 2.35. The normalized spacial score (nSPS) is 22.8. The smallest absolute Gasteiger partial charge is 0.293 e. The quantitative estimate of drug-likeness (QED) is 0.867. The van der Waals surface area contributed by atoms with Gasteiger partial charge in [0.15, 0.2) is 0 Å². The molecule has 4 rings (SSSR count). The van der Waals surface area contributed by atoms with E-state index in [1.165, 1.54) is 0 Å². The molecule has 2 atom stereocenters. The van der Waals surface area contributed by atoms with Gasteiger partial charge in [-0.15, -0.1) is 17.5 Å². The van der Waals surface area contributed by atoms with Crippen molar-refractivity contribution in [1.82, 2.24) is 25.0 Å². The van der Waals surface area contributed by atoms with Crippen LogP contribution in [0, 0.1) is 0 Å². The van der Waals surface area contributed by atoms with Crippen LogP contribution >= 0.6 is 24.0 Å². The Bertz CT molecular complexity index is 805. The summed E-state index contributed by atoms with van der Waals surface area (Å²) in [6.45, 7) is 5.61. The number of rotatable bonds is 3. The topological polar surface area (TPSA) is 63.1 Å². The van der Waals surface area contributed by atoms with Gasteiger partial charge in [0.25, 0.3) is 5.91 Å². The molecule has 1 aliphatic carbocycles. The minimum Gasteiger partial charge on any atom is -0.330 e. The van der Waals surface area contributed by atoms with Crippen molar-refractivity contribution in [3.63, 3.8) is 0 Å². The van der Waals surface area contributed by atoms with Crippen LogP contribution in [-0.4, -0.2) is 50.7 Å². The van der Waals surface area contributed by atoms with Crippen LogP contribution in [0.25, 0.3) is 5.69 Å². The molecule has 1 aliphatic heterocycles. The van der Waals surface area contributed by atoms with Gasteiger partial charge in [-0.3, -0.25) is 4.79 Å². The van der Waals surface area contributed by atoms with Crippen molar-refractivity contribution in [2.45, 2.75) is 44.7 Å². The molecule has 1 saturated heterocycles. The Hall–Kier alpha value is -1.63. The Morgan fingerprint density at radius 2 is 2.00 bits per heavy atom. The van der Waals surface area contributed by atoms with Crippen molar-refractivity contribution in [1.29, 1.82) is 0 Å². The minimum atomic E-state index is -0.103. The Morgan fingerprint density at radius 3 is 2.69 bits per heavy atom. The number of carbonyl (C=O) groups excluding carboxylic acids is 1. The van der Waals surface area contributed by atoms with Crippen molar-refractivity contribution >= 4 is 29.9 Å². The lowest BCUT2D eigenvalue weighted by Crippen LogP contribution is -2.57. The number of benzene rings is 1.